The molecule has 0 fully saturated rings. The highest BCUT2D eigenvalue weighted by Gasteiger charge is 2.24. The number of carbonyl (C=O) groups is 1. The average molecular weight is 191 g/mol. The number of aliphatic hydroxyl groups excluding tert-OH is 3. The van der Waals surface area contributed by atoms with Gasteiger partial charge in [0.2, 0.25) is 0 Å². The van der Waals surface area contributed by atoms with Crippen LogP contribution in [0.4, 0.5) is 0 Å². The highest BCUT2D eigenvalue weighted by molar-refractivity contribution is 5.56. The van der Waals surface area contributed by atoms with E-state index in [9.17, 15) is 4.79 Å². The summed E-state index contributed by atoms with van der Waals surface area (Å²) in [4.78, 5) is 16.3. The number of hydrogen-bond donors (Lipinski definition) is 3. The smallest absolute Gasteiger partial charge is 0.151 e. The van der Waals surface area contributed by atoms with Crippen LogP contribution in [0.3, 0.4) is 0 Å². The van der Waals surface area contributed by atoms with E-state index in [-0.39, 0.29) is 6.29 Å². The number of rotatable bonds is 6. The molecular formula is C5H9N3O5. The molecule has 0 amide bonds. The Hall–Kier alpha value is -1.34. The lowest BCUT2D eigenvalue weighted by molar-refractivity contribution is -0.129. The summed E-state index contributed by atoms with van der Waals surface area (Å²) < 4.78 is 0. The maximum absolute atomic E-state index is 9.94. The van der Waals surface area contributed by atoms with Gasteiger partial charge in [-0.15, -0.1) is 0 Å². The van der Waals surface area contributed by atoms with Crippen LogP contribution in [0.2, 0.25) is 0 Å². The first-order chi connectivity index (χ1) is 6.13. The summed E-state index contributed by atoms with van der Waals surface area (Å²) >= 11 is 0. The molecule has 0 aliphatic heterocycles. The Balaban J connectivity index is 3.87. The molecule has 0 radical (unpaired) electrons. The monoisotopic (exact) mass is 191 g/mol. The number of carbonyl (C=O) groups excluding carboxylic acids is 1. The van der Waals surface area contributed by atoms with Crippen LogP contribution < -0.4 is 0 Å². The lowest BCUT2D eigenvalue weighted by Crippen LogP contribution is -2.40. The Labute approximate surface area is 72.9 Å². The lowest BCUT2D eigenvalue weighted by atomic mass is 10.1. The minimum absolute atomic E-state index is 0.0709. The molecule has 0 saturated heterocycles. The topological polar surface area (TPSA) is 136 Å². The average Bonchev–Trinajstić information content (AvgIpc) is 2.15. The van der Waals surface area contributed by atoms with Crippen molar-refractivity contribution in [1.82, 2.24) is 0 Å². The zero-order valence-electron chi connectivity index (χ0n) is 6.52. The minimum Gasteiger partial charge on any atom is -0.431 e. The zero-order chi connectivity index (χ0) is 10.3. The third-order valence-corrected chi connectivity index (χ3v) is 1.22. The predicted octanol–water partition coefficient (Wildman–Crippen LogP) is -1.49. The van der Waals surface area contributed by atoms with E-state index < -0.39 is 24.9 Å². The van der Waals surface area contributed by atoms with Crippen LogP contribution in [0.5, 0.6) is 0 Å². The van der Waals surface area contributed by atoms with Crippen LogP contribution in [0.15, 0.2) is 5.28 Å². The quantitative estimate of drug-likeness (QED) is 0.154. The highest BCUT2D eigenvalue weighted by Crippen LogP contribution is 1.99. The summed E-state index contributed by atoms with van der Waals surface area (Å²) in [6.07, 6.45) is -4.77. The second-order valence-electron chi connectivity index (χ2n) is 2.15. The Kier molecular flexibility index (Phi) is 5.57. The molecule has 0 aromatic heterocycles. The van der Waals surface area contributed by atoms with Crippen molar-refractivity contribution in [3.8, 4) is 0 Å². The molecule has 0 saturated carbocycles. The number of aldehydes is 1. The second-order valence-corrected chi connectivity index (χ2v) is 2.15. The Bertz CT molecular complexity index is 204. The molecule has 74 valence electrons. The maximum Gasteiger partial charge on any atom is 0.151 e. The molecule has 0 aromatic rings. The first-order valence-corrected chi connectivity index (χ1v) is 3.29. The van der Waals surface area contributed by atoms with Crippen molar-refractivity contribution < 1.29 is 25.0 Å². The van der Waals surface area contributed by atoms with Crippen molar-refractivity contribution in [3.63, 3.8) is 0 Å². The first-order valence-electron chi connectivity index (χ1n) is 3.29. The van der Waals surface area contributed by atoms with Gasteiger partial charge in [0.1, 0.15) is 30.2 Å². The highest BCUT2D eigenvalue weighted by atomic mass is 16.6. The van der Waals surface area contributed by atoms with Crippen molar-refractivity contribution >= 4 is 6.29 Å². The summed E-state index contributed by atoms with van der Waals surface area (Å²) in [5, 5.41) is 29.2. The number of aliphatic hydroxyl groups is 3. The normalized spacial score (nSPS) is 16.5. The molecule has 0 aliphatic carbocycles. The van der Waals surface area contributed by atoms with E-state index in [0.717, 1.165) is 0 Å². The minimum atomic E-state index is -1.69. The van der Waals surface area contributed by atoms with Crippen LogP contribution in [0.25, 0.3) is 10.4 Å². The van der Waals surface area contributed by atoms with Gasteiger partial charge < -0.3 is 25.0 Å². The van der Waals surface area contributed by atoms with Gasteiger partial charge in [-0.1, -0.05) is 0 Å². The molecular weight excluding hydrogens is 182 g/mol. The van der Waals surface area contributed by atoms with Gasteiger partial charge in [0.15, 0.2) is 6.29 Å². The van der Waals surface area contributed by atoms with E-state index in [0.29, 0.717) is 0 Å². The van der Waals surface area contributed by atoms with Crippen molar-refractivity contribution in [3.05, 3.63) is 10.4 Å². The molecule has 8 heteroatoms. The van der Waals surface area contributed by atoms with Crippen LogP contribution in [0, 0.1) is 0 Å². The van der Waals surface area contributed by atoms with Crippen LogP contribution in [-0.4, -0.2) is 46.5 Å². The third-order valence-electron chi connectivity index (χ3n) is 1.22. The van der Waals surface area contributed by atoms with Crippen molar-refractivity contribution in [2.75, 3.05) is 6.61 Å². The summed E-state index contributed by atoms with van der Waals surface area (Å²) in [6.45, 7) is -0.504. The molecule has 0 heterocycles. The van der Waals surface area contributed by atoms with Gasteiger partial charge >= 0.3 is 0 Å². The van der Waals surface area contributed by atoms with Gasteiger partial charge in [-0.2, -0.15) is 0 Å². The molecule has 8 nitrogen and oxygen atoms in total. The largest absolute Gasteiger partial charge is 0.431 e. The number of azide groups is 1. The van der Waals surface area contributed by atoms with E-state index in [2.05, 4.69) is 15.0 Å². The van der Waals surface area contributed by atoms with E-state index in [1.807, 2.05) is 0 Å². The van der Waals surface area contributed by atoms with E-state index in [4.69, 9.17) is 20.9 Å². The van der Waals surface area contributed by atoms with Crippen LogP contribution in [0.1, 0.15) is 0 Å². The molecule has 3 N–H and O–H groups in total. The predicted molar refractivity (Wildman–Crippen MR) is 39.2 cm³/mol. The fraction of sp³-hybridized carbons (Fsp3) is 0.800. The Morgan fingerprint density at radius 2 is 2.15 bits per heavy atom. The summed E-state index contributed by atoms with van der Waals surface area (Å²) in [7, 11) is 0. The SMILES string of the molecule is [N-]=[N+]=NOC[C@@H](O)[C@@H](O)[C@@H](O)C=O. The van der Waals surface area contributed by atoms with Gasteiger partial charge in [0.25, 0.3) is 0 Å². The summed E-state index contributed by atoms with van der Waals surface area (Å²) in [5.41, 5.74) is 7.76. The molecule has 0 aliphatic rings. The standard InChI is InChI=1S/C5H9N3O5/c6-7-8-13-2-4(11)5(12)3(10)1-9/h1,3-5,10-12H,2H2/t3-,4+,5-/m0/s1. The lowest BCUT2D eigenvalue weighted by Gasteiger charge is -2.17. The molecule has 13 heavy (non-hydrogen) atoms. The Morgan fingerprint density at radius 1 is 1.54 bits per heavy atom. The van der Waals surface area contributed by atoms with Gasteiger partial charge in [-0.25, -0.2) is 0 Å². The maximum atomic E-state index is 9.94. The first kappa shape index (κ1) is 11.7. The van der Waals surface area contributed by atoms with Crippen molar-refractivity contribution in [1.29, 1.82) is 0 Å². The molecule has 0 bridgehead atoms. The van der Waals surface area contributed by atoms with E-state index in [1.54, 1.807) is 0 Å². The number of hydrogen-bond acceptors (Lipinski definition) is 6. The molecule has 3 atom stereocenters. The zero-order valence-corrected chi connectivity index (χ0v) is 6.52. The fourth-order valence-electron chi connectivity index (χ4n) is 0.542. The van der Waals surface area contributed by atoms with Crippen LogP contribution in [-0.2, 0) is 9.63 Å². The third kappa shape index (κ3) is 4.28. The molecule has 0 unspecified atom stereocenters. The number of nitrogens with zero attached hydrogens (tertiary/aromatic N) is 3. The molecule has 0 spiro atoms. The van der Waals surface area contributed by atoms with Crippen molar-refractivity contribution in [2.45, 2.75) is 18.3 Å². The van der Waals surface area contributed by atoms with Gasteiger partial charge in [0, 0.05) is 4.91 Å². The van der Waals surface area contributed by atoms with Gasteiger partial charge in [-0.05, 0) is 5.53 Å². The van der Waals surface area contributed by atoms with Crippen LogP contribution >= 0.6 is 0 Å². The van der Waals surface area contributed by atoms with Gasteiger partial charge in [0.05, 0.1) is 0 Å². The molecule has 0 rings (SSSR count). The van der Waals surface area contributed by atoms with E-state index >= 15 is 0 Å². The van der Waals surface area contributed by atoms with Crippen molar-refractivity contribution in [2.24, 2.45) is 5.28 Å². The van der Waals surface area contributed by atoms with E-state index in [1.165, 1.54) is 0 Å². The summed E-state index contributed by atoms with van der Waals surface area (Å²) in [5.74, 6) is 0. The second kappa shape index (κ2) is 6.21. The summed E-state index contributed by atoms with van der Waals surface area (Å²) in [6, 6.07) is 0. The van der Waals surface area contributed by atoms with Gasteiger partial charge in [-0.3, -0.25) is 0 Å². The molecule has 0 aromatic carbocycles. The Morgan fingerprint density at radius 3 is 2.62 bits per heavy atom. The fourth-order valence-corrected chi connectivity index (χ4v) is 0.542.